The molecule has 2 unspecified atom stereocenters. The Morgan fingerprint density at radius 2 is 2.19 bits per heavy atom. The van der Waals surface area contributed by atoms with Gasteiger partial charge in [0.15, 0.2) is 0 Å². The average Bonchev–Trinajstić information content (AvgIpc) is 2.49. The largest absolute Gasteiger partial charge is 0.480 e. The van der Waals surface area contributed by atoms with Gasteiger partial charge in [0.2, 0.25) is 11.8 Å². The number of imide groups is 1. The van der Waals surface area contributed by atoms with Crippen LogP contribution in [0.2, 0.25) is 0 Å². The summed E-state index contributed by atoms with van der Waals surface area (Å²) < 4.78 is 0. The van der Waals surface area contributed by atoms with Crippen LogP contribution in [0.3, 0.4) is 0 Å². The number of carboxylic acid groups (broad SMARTS) is 1. The van der Waals surface area contributed by atoms with Gasteiger partial charge >= 0.3 is 5.97 Å². The third-order valence-electron chi connectivity index (χ3n) is 2.49. The van der Waals surface area contributed by atoms with E-state index in [-0.39, 0.29) is 18.2 Å². The van der Waals surface area contributed by atoms with Crippen LogP contribution in [0.5, 0.6) is 0 Å². The third kappa shape index (κ3) is 2.55. The molecule has 6 heteroatoms. The molecule has 1 aliphatic heterocycles. The number of hydrogen-bond donors (Lipinski definition) is 1. The van der Waals surface area contributed by atoms with Crippen LogP contribution in [0.15, 0.2) is 0 Å². The van der Waals surface area contributed by atoms with Crippen molar-refractivity contribution in [3.8, 4) is 0 Å². The van der Waals surface area contributed by atoms with Crippen molar-refractivity contribution in [2.24, 2.45) is 0 Å². The molecular weight excluding hydrogens is 230 g/mol. The molecule has 1 heterocycles. The molecule has 1 aliphatic rings. The van der Waals surface area contributed by atoms with Crippen LogP contribution in [0, 0.1) is 0 Å². The summed E-state index contributed by atoms with van der Waals surface area (Å²) in [6, 6.07) is 0. The lowest BCUT2D eigenvalue weighted by Crippen LogP contribution is -2.32. The van der Waals surface area contributed by atoms with E-state index in [9.17, 15) is 14.4 Å². The monoisotopic (exact) mass is 245 g/mol. The number of carbonyl (C=O) groups is 3. The summed E-state index contributed by atoms with van der Waals surface area (Å²) in [5.74, 6) is -1.38. The van der Waals surface area contributed by atoms with Gasteiger partial charge in [-0.15, -0.1) is 11.8 Å². The topological polar surface area (TPSA) is 74.7 Å². The van der Waals surface area contributed by atoms with Gasteiger partial charge in [-0.05, 0) is 13.3 Å². The van der Waals surface area contributed by atoms with Gasteiger partial charge in [0.1, 0.15) is 5.25 Å². The summed E-state index contributed by atoms with van der Waals surface area (Å²) >= 11 is 1.08. The zero-order valence-corrected chi connectivity index (χ0v) is 10.1. The van der Waals surface area contributed by atoms with E-state index in [1.54, 1.807) is 13.8 Å². The first-order valence-electron chi connectivity index (χ1n) is 5.23. The van der Waals surface area contributed by atoms with Gasteiger partial charge in [-0.3, -0.25) is 19.3 Å². The van der Waals surface area contributed by atoms with Crippen LogP contribution >= 0.6 is 11.8 Å². The van der Waals surface area contributed by atoms with E-state index in [4.69, 9.17) is 5.11 Å². The molecular formula is C10H15NO4S. The lowest BCUT2D eigenvalue weighted by molar-refractivity contribution is -0.138. The van der Waals surface area contributed by atoms with Crippen LogP contribution in [0.1, 0.15) is 26.7 Å². The molecule has 1 saturated heterocycles. The van der Waals surface area contributed by atoms with E-state index in [2.05, 4.69) is 0 Å². The first-order valence-corrected chi connectivity index (χ1v) is 6.18. The molecule has 0 aromatic heterocycles. The van der Waals surface area contributed by atoms with Crippen molar-refractivity contribution in [2.75, 3.05) is 6.54 Å². The van der Waals surface area contributed by atoms with E-state index < -0.39 is 16.5 Å². The number of likely N-dealkylation sites (tertiary alicyclic amines) is 1. The summed E-state index contributed by atoms with van der Waals surface area (Å²) in [5, 5.41) is 7.75. The van der Waals surface area contributed by atoms with E-state index in [0.717, 1.165) is 11.8 Å². The number of carboxylic acids is 1. The highest BCUT2D eigenvalue weighted by molar-refractivity contribution is 8.01. The van der Waals surface area contributed by atoms with Gasteiger partial charge in [0.25, 0.3) is 0 Å². The van der Waals surface area contributed by atoms with Gasteiger partial charge < -0.3 is 5.11 Å². The molecule has 0 aromatic carbocycles. The van der Waals surface area contributed by atoms with Gasteiger partial charge in [-0.2, -0.15) is 0 Å². The first-order chi connectivity index (χ1) is 7.51. The van der Waals surface area contributed by atoms with Crippen molar-refractivity contribution in [1.82, 2.24) is 4.90 Å². The lowest BCUT2D eigenvalue weighted by atomic mass is 10.3. The van der Waals surface area contributed by atoms with Crippen molar-refractivity contribution < 1.29 is 19.5 Å². The van der Waals surface area contributed by atoms with Gasteiger partial charge in [0.05, 0.1) is 5.25 Å². The zero-order chi connectivity index (χ0) is 12.3. The summed E-state index contributed by atoms with van der Waals surface area (Å²) in [7, 11) is 0. The Hall–Kier alpha value is -1.04. The van der Waals surface area contributed by atoms with E-state index in [1.807, 2.05) is 0 Å². The van der Waals surface area contributed by atoms with Gasteiger partial charge in [-0.1, -0.05) is 6.92 Å². The Balaban J connectivity index is 2.66. The van der Waals surface area contributed by atoms with Gasteiger partial charge in [-0.25, -0.2) is 0 Å². The van der Waals surface area contributed by atoms with Gasteiger partial charge in [0, 0.05) is 13.0 Å². The summed E-state index contributed by atoms with van der Waals surface area (Å²) in [4.78, 5) is 35.1. The molecule has 16 heavy (non-hydrogen) atoms. The summed E-state index contributed by atoms with van der Waals surface area (Å²) in [6.45, 7) is 3.85. The van der Waals surface area contributed by atoms with Crippen molar-refractivity contribution in [3.05, 3.63) is 0 Å². The quantitative estimate of drug-likeness (QED) is 0.723. The fourth-order valence-electron chi connectivity index (χ4n) is 1.62. The second kappa shape index (κ2) is 5.34. The SMILES string of the molecule is CCC(SC1CC(=O)N(CC)C1=O)C(=O)O. The molecule has 5 nitrogen and oxygen atoms in total. The number of amides is 2. The molecule has 1 fully saturated rings. The standard InChI is InChI=1S/C10H15NO4S/c1-3-6(10(14)15)16-7-5-8(12)11(4-2)9(7)13/h6-7H,3-5H2,1-2H3,(H,14,15). The molecule has 0 aromatic rings. The summed E-state index contributed by atoms with van der Waals surface area (Å²) in [6.07, 6.45) is 0.575. The highest BCUT2D eigenvalue weighted by Gasteiger charge is 2.39. The highest BCUT2D eigenvalue weighted by Crippen LogP contribution is 2.29. The Morgan fingerprint density at radius 1 is 1.56 bits per heavy atom. The molecule has 0 saturated carbocycles. The third-order valence-corrected chi connectivity index (χ3v) is 4.05. The molecule has 0 bridgehead atoms. The maximum absolute atomic E-state index is 11.7. The van der Waals surface area contributed by atoms with Crippen LogP contribution in [-0.2, 0) is 14.4 Å². The van der Waals surface area contributed by atoms with Crippen LogP contribution < -0.4 is 0 Å². The van der Waals surface area contributed by atoms with Crippen molar-refractivity contribution in [2.45, 2.75) is 37.2 Å². The molecule has 90 valence electrons. The number of carbonyl (C=O) groups excluding carboxylic acids is 2. The first kappa shape index (κ1) is 13.0. The summed E-state index contributed by atoms with van der Waals surface area (Å²) in [5.41, 5.74) is 0. The normalized spacial score (nSPS) is 22.6. The fraction of sp³-hybridized carbons (Fsp3) is 0.700. The number of aliphatic carboxylic acids is 1. The molecule has 2 atom stereocenters. The minimum Gasteiger partial charge on any atom is -0.480 e. The number of thioether (sulfide) groups is 1. The Bertz CT molecular complexity index is 318. The minimum absolute atomic E-state index is 0.126. The number of nitrogens with zero attached hydrogens (tertiary/aromatic N) is 1. The van der Waals surface area contributed by atoms with Crippen molar-refractivity contribution in [1.29, 1.82) is 0 Å². The molecule has 0 radical (unpaired) electrons. The van der Waals surface area contributed by atoms with Crippen molar-refractivity contribution in [3.63, 3.8) is 0 Å². The maximum atomic E-state index is 11.7. The van der Waals surface area contributed by atoms with Crippen LogP contribution in [-0.4, -0.2) is 44.8 Å². The lowest BCUT2D eigenvalue weighted by Gasteiger charge is -2.14. The molecule has 0 spiro atoms. The van der Waals surface area contributed by atoms with Crippen LogP contribution in [0.4, 0.5) is 0 Å². The zero-order valence-electron chi connectivity index (χ0n) is 9.30. The van der Waals surface area contributed by atoms with Crippen molar-refractivity contribution >= 4 is 29.5 Å². The van der Waals surface area contributed by atoms with Crippen LogP contribution in [0.25, 0.3) is 0 Å². The number of rotatable bonds is 5. The predicted octanol–water partition coefficient (Wildman–Crippen LogP) is 0.730. The Labute approximate surface area is 98.2 Å². The number of hydrogen-bond acceptors (Lipinski definition) is 4. The molecule has 1 rings (SSSR count). The maximum Gasteiger partial charge on any atom is 0.316 e. The van der Waals surface area contributed by atoms with E-state index in [0.29, 0.717) is 13.0 Å². The van der Waals surface area contributed by atoms with E-state index in [1.165, 1.54) is 4.90 Å². The smallest absolute Gasteiger partial charge is 0.316 e. The second-order valence-corrected chi connectivity index (χ2v) is 4.95. The predicted molar refractivity (Wildman–Crippen MR) is 60.1 cm³/mol. The molecule has 0 aliphatic carbocycles. The molecule has 1 N–H and O–H groups in total. The highest BCUT2D eigenvalue weighted by atomic mass is 32.2. The Kier molecular flexibility index (Phi) is 4.35. The average molecular weight is 245 g/mol. The fourth-order valence-corrected chi connectivity index (χ4v) is 2.81. The van der Waals surface area contributed by atoms with E-state index >= 15 is 0 Å². The Morgan fingerprint density at radius 3 is 2.56 bits per heavy atom. The minimum atomic E-state index is -0.928. The second-order valence-electron chi connectivity index (χ2n) is 3.54. The molecule has 2 amide bonds.